The molecule has 3 rings (SSSR count). The minimum atomic E-state index is -1.01. The summed E-state index contributed by atoms with van der Waals surface area (Å²) in [5, 5.41) is 12.0. The van der Waals surface area contributed by atoms with Crippen molar-refractivity contribution in [1.82, 2.24) is 5.32 Å². The van der Waals surface area contributed by atoms with Crippen LogP contribution in [0, 0.1) is 12.3 Å². The van der Waals surface area contributed by atoms with E-state index in [2.05, 4.69) is 17.4 Å². The quantitative estimate of drug-likeness (QED) is 0.793. The van der Waals surface area contributed by atoms with Crippen molar-refractivity contribution < 1.29 is 19.1 Å². The molecule has 1 aromatic heterocycles. The van der Waals surface area contributed by atoms with Crippen LogP contribution in [0.15, 0.2) is 41.0 Å². The number of carboxylic acid groups (broad SMARTS) is 1. The Morgan fingerprint density at radius 1 is 1.19 bits per heavy atom. The number of hydrogen-bond donors (Lipinski definition) is 2. The third-order valence-corrected chi connectivity index (χ3v) is 5.30. The van der Waals surface area contributed by atoms with Crippen molar-refractivity contribution in [2.75, 3.05) is 6.54 Å². The van der Waals surface area contributed by atoms with Crippen LogP contribution in [0.1, 0.15) is 52.9 Å². The molecular formula is C21H25NO4. The van der Waals surface area contributed by atoms with Gasteiger partial charge in [-0.25, -0.2) is 0 Å². The summed E-state index contributed by atoms with van der Waals surface area (Å²) in [6.45, 7) is 2.36. The number of carboxylic acids is 1. The van der Waals surface area contributed by atoms with E-state index in [9.17, 15) is 9.59 Å². The van der Waals surface area contributed by atoms with Crippen LogP contribution in [-0.4, -0.2) is 23.5 Å². The smallest absolute Gasteiger partial charge is 0.311 e. The zero-order valence-corrected chi connectivity index (χ0v) is 15.1. The predicted molar refractivity (Wildman–Crippen MR) is 98.2 cm³/mol. The third kappa shape index (κ3) is 4.15. The Hall–Kier alpha value is -2.56. The Balaban J connectivity index is 1.71. The molecule has 2 aromatic rings. The lowest BCUT2D eigenvalue weighted by Gasteiger charge is -2.29. The summed E-state index contributed by atoms with van der Waals surface area (Å²) in [5.74, 6) is -1.03. The maximum absolute atomic E-state index is 12.7. The van der Waals surface area contributed by atoms with Crippen LogP contribution in [0.25, 0.3) is 0 Å². The Morgan fingerprint density at radius 3 is 2.54 bits per heavy atom. The fourth-order valence-electron chi connectivity index (χ4n) is 4.00. The van der Waals surface area contributed by atoms with E-state index in [-0.39, 0.29) is 23.5 Å². The highest BCUT2D eigenvalue weighted by molar-refractivity contribution is 5.97. The minimum Gasteiger partial charge on any atom is -0.481 e. The molecule has 0 saturated heterocycles. The van der Waals surface area contributed by atoms with Crippen LogP contribution in [0.4, 0.5) is 0 Å². The first-order valence-electron chi connectivity index (χ1n) is 9.10. The number of amides is 1. The van der Waals surface area contributed by atoms with E-state index >= 15 is 0 Å². The first kappa shape index (κ1) is 18.2. The van der Waals surface area contributed by atoms with E-state index in [1.165, 1.54) is 24.7 Å². The van der Waals surface area contributed by atoms with Gasteiger partial charge in [0.05, 0.1) is 11.8 Å². The molecule has 1 saturated carbocycles. The van der Waals surface area contributed by atoms with Crippen LogP contribution in [-0.2, 0) is 17.6 Å². The Bertz CT molecular complexity index is 773. The molecule has 0 aliphatic heterocycles. The van der Waals surface area contributed by atoms with Gasteiger partial charge in [-0.3, -0.25) is 9.59 Å². The zero-order chi connectivity index (χ0) is 18.6. The molecule has 2 N–H and O–H groups in total. The van der Waals surface area contributed by atoms with Gasteiger partial charge in [-0.15, -0.1) is 0 Å². The average Bonchev–Trinajstić information content (AvgIpc) is 3.21. The standard InChI is InChI=1S/C21H25NO4/c1-15-13-26-17(11-18(23)24)19(15)20(25)22-14-21(9-5-6-10-21)12-16-7-3-2-4-8-16/h2-4,7-8,13H,5-6,9-12,14H2,1H3,(H,22,25)(H,23,24). The Morgan fingerprint density at radius 2 is 1.88 bits per heavy atom. The fraction of sp³-hybridized carbons (Fsp3) is 0.429. The molecule has 5 heteroatoms. The second-order valence-electron chi connectivity index (χ2n) is 7.34. The molecule has 5 nitrogen and oxygen atoms in total. The molecular weight excluding hydrogens is 330 g/mol. The number of aryl methyl sites for hydroxylation is 1. The second-order valence-corrected chi connectivity index (χ2v) is 7.34. The van der Waals surface area contributed by atoms with Gasteiger partial charge in [-0.1, -0.05) is 43.2 Å². The van der Waals surface area contributed by atoms with Crippen LogP contribution < -0.4 is 5.32 Å². The van der Waals surface area contributed by atoms with E-state index in [4.69, 9.17) is 9.52 Å². The van der Waals surface area contributed by atoms with Gasteiger partial charge in [0.1, 0.15) is 12.2 Å². The summed E-state index contributed by atoms with van der Waals surface area (Å²) in [6.07, 6.45) is 6.65. The number of furan rings is 1. The summed E-state index contributed by atoms with van der Waals surface area (Å²) in [4.78, 5) is 23.7. The monoisotopic (exact) mass is 355 g/mol. The van der Waals surface area contributed by atoms with Crippen LogP contribution >= 0.6 is 0 Å². The topological polar surface area (TPSA) is 79.5 Å². The molecule has 0 atom stereocenters. The first-order chi connectivity index (χ1) is 12.5. The summed E-state index contributed by atoms with van der Waals surface area (Å²) in [5.41, 5.74) is 2.39. The predicted octanol–water partition coefficient (Wildman–Crippen LogP) is 3.75. The number of carbonyl (C=O) groups excluding carboxylic acids is 1. The van der Waals surface area contributed by atoms with Gasteiger partial charge in [0.25, 0.3) is 5.91 Å². The summed E-state index contributed by atoms with van der Waals surface area (Å²) < 4.78 is 5.28. The highest BCUT2D eigenvalue weighted by Crippen LogP contribution is 2.40. The molecule has 1 fully saturated rings. The highest BCUT2D eigenvalue weighted by Gasteiger charge is 2.34. The van der Waals surface area contributed by atoms with Crippen molar-refractivity contribution in [1.29, 1.82) is 0 Å². The third-order valence-electron chi connectivity index (χ3n) is 5.30. The Kier molecular flexibility index (Phi) is 5.45. The van der Waals surface area contributed by atoms with Gasteiger partial charge in [0, 0.05) is 12.1 Å². The fourth-order valence-corrected chi connectivity index (χ4v) is 4.00. The SMILES string of the molecule is Cc1coc(CC(=O)O)c1C(=O)NCC1(Cc2ccccc2)CCCC1. The lowest BCUT2D eigenvalue weighted by molar-refractivity contribution is -0.136. The van der Waals surface area contributed by atoms with Crippen molar-refractivity contribution >= 4 is 11.9 Å². The molecule has 1 amide bonds. The van der Waals surface area contributed by atoms with Gasteiger partial charge >= 0.3 is 5.97 Å². The molecule has 0 unspecified atom stereocenters. The van der Waals surface area contributed by atoms with Gasteiger partial charge in [0.15, 0.2) is 0 Å². The van der Waals surface area contributed by atoms with Gasteiger partial charge in [-0.2, -0.15) is 0 Å². The number of hydrogen-bond acceptors (Lipinski definition) is 3. The molecule has 1 aliphatic carbocycles. The largest absolute Gasteiger partial charge is 0.481 e. The van der Waals surface area contributed by atoms with E-state index in [0.29, 0.717) is 17.7 Å². The molecule has 1 heterocycles. The molecule has 1 aromatic carbocycles. The van der Waals surface area contributed by atoms with Crippen molar-refractivity contribution in [3.05, 3.63) is 59.0 Å². The molecule has 138 valence electrons. The average molecular weight is 355 g/mol. The maximum atomic E-state index is 12.7. The lowest BCUT2D eigenvalue weighted by Crippen LogP contribution is -2.37. The number of benzene rings is 1. The minimum absolute atomic E-state index is 0.0710. The van der Waals surface area contributed by atoms with Crippen LogP contribution in [0.5, 0.6) is 0 Å². The molecule has 0 radical (unpaired) electrons. The summed E-state index contributed by atoms with van der Waals surface area (Å²) >= 11 is 0. The van der Waals surface area contributed by atoms with E-state index in [1.54, 1.807) is 6.92 Å². The van der Waals surface area contributed by atoms with Gasteiger partial charge in [-0.05, 0) is 37.2 Å². The van der Waals surface area contributed by atoms with Crippen molar-refractivity contribution in [3.63, 3.8) is 0 Å². The van der Waals surface area contributed by atoms with Gasteiger partial charge in [0.2, 0.25) is 0 Å². The van der Waals surface area contributed by atoms with E-state index in [1.807, 2.05) is 18.2 Å². The number of rotatable bonds is 7. The Labute approximate surface area is 153 Å². The molecule has 0 spiro atoms. The second kappa shape index (κ2) is 7.77. The van der Waals surface area contributed by atoms with E-state index < -0.39 is 5.97 Å². The van der Waals surface area contributed by atoms with Crippen molar-refractivity contribution in [3.8, 4) is 0 Å². The summed E-state index contributed by atoms with van der Waals surface area (Å²) in [7, 11) is 0. The van der Waals surface area contributed by atoms with Crippen molar-refractivity contribution in [2.24, 2.45) is 5.41 Å². The first-order valence-corrected chi connectivity index (χ1v) is 9.10. The van der Waals surface area contributed by atoms with E-state index in [0.717, 1.165) is 19.3 Å². The molecule has 1 aliphatic rings. The summed E-state index contributed by atoms with van der Waals surface area (Å²) in [6, 6.07) is 10.4. The maximum Gasteiger partial charge on any atom is 0.311 e. The van der Waals surface area contributed by atoms with Crippen LogP contribution in [0.3, 0.4) is 0 Å². The number of nitrogens with one attached hydrogen (secondary N) is 1. The normalized spacial score (nSPS) is 15.7. The zero-order valence-electron chi connectivity index (χ0n) is 15.1. The molecule has 0 bridgehead atoms. The lowest BCUT2D eigenvalue weighted by atomic mass is 9.80. The molecule has 26 heavy (non-hydrogen) atoms. The van der Waals surface area contributed by atoms with Crippen LogP contribution in [0.2, 0.25) is 0 Å². The number of carbonyl (C=O) groups is 2. The van der Waals surface area contributed by atoms with Crippen molar-refractivity contribution in [2.45, 2.75) is 45.4 Å². The number of aliphatic carboxylic acids is 1. The highest BCUT2D eigenvalue weighted by atomic mass is 16.4. The van der Waals surface area contributed by atoms with Gasteiger partial charge < -0.3 is 14.8 Å².